The molecular weight excluding hydrogens is 248 g/mol. The van der Waals surface area contributed by atoms with Crippen LogP contribution >= 0.6 is 0 Å². The monoisotopic (exact) mass is 266 g/mol. The zero-order valence-corrected chi connectivity index (χ0v) is 11.6. The number of carbonyl (C=O) groups is 2. The molecule has 0 aliphatic heterocycles. The summed E-state index contributed by atoms with van der Waals surface area (Å²) in [5.74, 6) is -0.476. The van der Waals surface area contributed by atoms with Gasteiger partial charge in [-0.1, -0.05) is 0 Å². The van der Waals surface area contributed by atoms with Crippen molar-refractivity contribution in [1.82, 2.24) is 9.80 Å². The van der Waals surface area contributed by atoms with Crippen molar-refractivity contribution in [2.75, 3.05) is 26.7 Å². The number of likely N-dealkylation sites (N-methyl/N-ethyl adjacent to an activating group) is 1. The first-order chi connectivity index (χ1) is 8.71. The van der Waals surface area contributed by atoms with Gasteiger partial charge in [0, 0.05) is 7.05 Å². The number of carbonyl (C=O) groups excluding carboxylic acids is 2. The number of hydrogen-bond donors (Lipinski definition) is 0. The van der Waals surface area contributed by atoms with Gasteiger partial charge in [-0.05, 0) is 20.8 Å². The van der Waals surface area contributed by atoms with E-state index in [0.29, 0.717) is 0 Å². The predicted octanol–water partition coefficient (Wildman–Crippen LogP) is 0.729. The molecule has 0 fully saturated rings. The van der Waals surface area contributed by atoms with E-state index < -0.39 is 17.6 Å². The molecule has 0 aromatic rings. The van der Waals surface area contributed by atoms with Gasteiger partial charge in [0.05, 0.1) is 12.1 Å². The summed E-state index contributed by atoms with van der Waals surface area (Å²) in [7, 11) is 1.42. The average molecular weight is 266 g/mol. The lowest BCUT2D eigenvalue weighted by atomic mass is 10.2. The molecule has 0 N–H and O–H groups in total. The van der Waals surface area contributed by atoms with Gasteiger partial charge < -0.3 is 14.5 Å². The van der Waals surface area contributed by atoms with Gasteiger partial charge in [-0.25, -0.2) is 4.79 Å². The third-order valence-electron chi connectivity index (χ3n) is 1.95. The van der Waals surface area contributed by atoms with E-state index in [9.17, 15) is 9.59 Å². The minimum Gasteiger partial charge on any atom is -0.444 e. The van der Waals surface area contributed by atoms with Crippen LogP contribution in [0.25, 0.3) is 0 Å². The maximum Gasteiger partial charge on any atom is 0.410 e. The highest BCUT2D eigenvalue weighted by Crippen LogP contribution is 2.09. The Balaban J connectivity index is 4.50. The molecule has 0 aromatic carbocycles. The van der Waals surface area contributed by atoms with Gasteiger partial charge in [-0.15, -0.1) is 0 Å². The van der Waals surface area contributed by atoms with Gasteiger partial charge in [-0.3, -0.25) is 4.79 Å². The van der Waals surface area contributed by atoms with Crippen LogP contribution in [0.5, 0.6) is 0 Å². The number of amides is 2. The lowest BCUT2D eigenvalue weighted by molar-refractivity contribution is -0.130. The smallest absolute Gasteiger partial charge is 0.410 e. The fourth-order valence-corrected chi connectivity index (χ4v) is 1.11. The first-order valence-corrected chi connectivity index (χ1v) is 5.67. The lowest BCUT2D eigenvalue weighted by Crippen LogP contribution is -2.43. The van der Waals surface area contributed by atoms with Crippen LogP contribution in [0.2, 0.25) is 0 Å². The Bertz CT molecular complexity index is 398. The van der Waals surface area contributed by atoms with Crippen molar-refractivity contribution >= 4 is 12.0 Å². The molecule has 104 valence electrons. The molecule has 2 amide bonds. The summed E-state index contributed by atoms with van der Waals surface area (Å²) in [6.07, 6.45) is -0.630. The fraction of sp³-hybridized carbons (Fsp3) is 0.667. The number of nitriles is 2. The third-order valence-corrected chi connectivity index (χ3v) is 1.95. The molecule has 0 atom stereocenters. The molecule has 7 nitrogen and oxygen atoms in total. The first kappa shape index (κ1) is 16.7. The molecule has 19 heavy (non-hydrogen) atoms. The highest BCUT2D eigenvalue weighted by atomic mass is 16.6. The Morgan fingerprint density at radius 2 is 1.63 bits per heavy atom. The molecule has 0 rings (SSSR count). The van der Waals surface area contributed by atoms with Crippen LogP contribution in [0.4, 0.5) is 4.79 Å². The van der Waals surface area contributed by atoms with Crippen LogP contribution < -0.4 is 0 Å². The summed E-state index contributed by atoms with van der Waals surface area (Å²) >= 11 is 0. The maximum atomic E-state index is 11.8. The summed E-state index contributed by atoms with van der Waals surface area (Å²) in [5.41, 5.74) is -0.645. The highest BCUT2D eigenvalue weighted by molar-refractivity contribution is 5.82. The second kappa shape index (κ2) is 7.22. The van der Waals surface area contributed by atoms with E-state index in [0.717, 1.165) is 9.80 Å². The second-order valence-corrected chi connectivity index (χ2v) is 4.90. The maximum absolute atomic E-state index is 11.8. The Labute approximate surface area is 112 Å². The van der Waals surface area contributed by atoms with Gasteiger partial charge in [0.25, 0.3) is 0 Å². The fourth-order valence-electron chi connectivity index (χ4n) is 1.11. The molecule has 0 aromatic heterocycles. The standard InChI is InChI=1S/C12H18N4O3/c1-12(2,3)19-11(18)15(4)9-10(17)16(7-5-13)8-6-14/h7-9H2,1-4H3. The number of nitrogens with zero attached hydrogens (tertiary/aromatic N) is 4. The lowest BCUT2D eigenvalue weighted by Gasteiger charge is -2.25. The molecule has 0 spiro atoms. The third kappa shape index (κ3) is 6.89. The molecule has 0 heterocycles. The zero-order chi connectivity index (χ0) is 15.1. The molecule has 0 saturated carbocycles. The largest absolute Gasteiger partial charge is 0.444 e. The normalized spacial score (nSPS) is 10.0. The van der Waals surface area contributed by atoms with Crippen molar-refractivity contribution in [2.45, 2.75) is 26.4 Å². The van der Waals surface area contributed by atoms with Crippen LogP contribution in [0.1, 0.15) is 20.8 Å². The van der Waals surface area contributed by atoms with Crippen LogP contribution in [-0.4, -0.2) is 54.1 Å². The SMILES string of the molecule is CN(CC(=O)N(CC#N)CC#N)C(=O)OC(C)(C)C. The van der Waals surface area contributed by atoms with Crippen molar-refractivity contribution < 1.29 is 14.3 Å². The van der Waals surface area contributed by atoms with Crippen LogP contribution in [-0.2, 0) is 9.53 Å². The Hall–Kier alpha value is -2.28. The average Bonchev–Trinajstić information content (AvgIpc) is 2.26. The summed E-state index contributed by atoms with van der Waals surface area (Å²) in [5, 5.41) is 17.1. The van der Waals surface area contributed by atoms with E-state index in [4.69, 9.17) is 15.3 Å². The van der Waals surface area contributed by atoms with Crippen LogP contribution in [0.15, 0.2) is 0 Å². The van der Waals surface area contributed by atoms with Crippen molar-refractivity contribution in [2.24, 2.45) is 0 Å². The van der Waals surface area contributed by atoms with E-state index in [2.05, 4.69) is 0 Å². The van der Waals surface area contributed by atoms with E-state index in [1.165, 1.54) is 7.05 Å². The Morgan fingerprint density at radius 1 is 1.16 bits per heavy atom. The molecule has 0 bridgehead atoms. The summed E-state index contributed by atoms with van der Waals surface area (Å²) in [4.78, 5) is 25.6. The minimum atomic E-state index is -0.645. The summed E-state index contributed by atoms with van der Waals surface area (Å²) < 4.78 is 5.09. The van der Waals surface area contributed by atoms with E-state index >= 15 is 0 Å². The molecule has 7 heteroatoms. The minimum absolute atomic E-state index is 0.186. The second-order valence-electron chi connectivity index (χ2n) is 4.90. The Morgan fingerprint density at radius 3 is 2.00 bits per heavy atom. The Kier molecular flexibility index (Phi) is 6.35. The molecule has 0 unspecified atom stereocenters. The van der Waals surface area contributed by atoms with Gasteiger partial charge in [0.2, 0.25) is 5.91 Å². The van der Waals surface area contributed by atoms with E-state index in [1.807, 2.05) is 0 Å². The first-order valence-electron chi connectivity index (χ1n) is 5.67. The van der Waals surface area contributed by atoms with E-state index in [-0.39, 0.29) is 19.6 Å². The molecule has 0 radical (unpaired) electrons. The van der Waals surface area contributed by atoms with Crippen molar-refractivity contribution in [3.8, 4) is 12.1 Å². The van der Waals surface area contributed by atoms with Crippen molar-refractivity contribution in [3.63, 3.8) is 0 Å². The molecular formula is C12H18N4O3. The predicted molar refractivity (Wildman–Crippen MR) is 66.7 cm³/mol. The molecule has 0 saturated heterocycles. The number of hydrogen-bond acceptors (Lipinski definition) is 5. The van der Waals surface area contributed by atoms with Gasteiger partial charge in [0.1, 0.15) is 25.2 Å². The number of ether oxygens (including phenoxy) is 1. The van der Waals surface area contributed by atoms with Crippen molar-refractivity contribution in [3.05, 3.63) is 0 Å². The molecule has 0 aliphatic rings. The summed E-state index contributed by atoms with van der Waals surface area (Å²) in [6, 6.07) is 3.59. The van der Waals surface area contributed by atoms with Gasteiger partial charge in [0.15, 0.2) is 0 Å². The van der Waals surface area contributed by atoms with Crippen LogP contribution in [0, 0.1) is 22.7 Å². The summed E-state index contributed by atoms with van der Waals surface area (Å²) in [6.45, 7) is 4.55. The van der Waals surface area contributed by atoms with Crippen LogP contribution in [0.3, 0.4) is 0 Å². The molecule has 0 aliphatic carbocycles. The highest BCUT2D eigenvalue weighted by Gasteiger charge is 2.23. The van der Waals surface area contributed by atoms with Crippen molar-refractivity contribution in [1.29, 1.82) is 10.5 Å². The van der Waals surface area contributed by atoms with Gasteiger partial charge in [-0.2, -0.15) is 10.5 Å². The topological polar surface area (TPSA) is 97.4 Å². The van der Waals surface area contributed by atoms with Gasteiger partial charge >= 0.3 is 6.09 Å². The number of rotatable bonds is 4. The quantitative estimate of drug-likeness (QED) is 0.698. The zero-order valence-electron chi connectivity index (χ0n) is 11.6. The van der Waals surface area contributed by atoms with E-state index in [1.54, 1.807) is 32.9 Å².